The number of hydrogen-bond donors (Lipinski definition) is 1. The maximum absolute atomic E-state index is 13.8. The lowest BCUT2D eigenvalue weighted by Gasteiger charge is -2.29. The Balaban J connectivity index is 2.58. The Morgan fingerprint density at radius 2 is 1.63 bits per heavy atom. The van der Waals surface area contributed by atoms with Gasteiger partial charge in [0.1, 0.15) is 0 Å². The Morgan fingerprint density at radius 1 is 1.00 bits per heavy atom. The van der Waals surface area contributed by atoms with Crippen molar-refractivity contribution in [2.75, 3.05) is 0 Å². The Hall–Kier alpha value is -0.790. The number of H-pyrrole nitrogens is 1. The van der Waals surface area contributed by atoms with Crippen LogP contribution in [-0.4, -0.2) is 4.98 Å². The highest BCUT2D eigenvalue weighted by Gasteiger charge is 2.29. The smallest absolute Gasteiger partial charge is 0.194 e. The van der Waals surface area contributed by atoms with Gasteiger partial charge in [0.05, 0.1) is 0 Å². The summed E-state index contributed by atoms with van der Waals surface area (Å²) in [5, 5.41) is 0. The standard InChI is InChI=1S/C17H30FN/c1-4-6-8-9-10-13-17(3,12-7-5-2)15-11-14-19-16(15)18/h11,14,19H,4-10,12-13H2,1-3H3. The van der Waals surface area contributed by atoms with E-state index in [1.165, 1.54) is 44.9 Å². The molecule has 1 rings (SSSR count). The molecule has 1 unspecified atom stereocenters. The summed E-state index contributed by atoms with van der Waals surface area (Å²) in [4.78, 5) is 2.69. The zero-order valence-corrected chi connectivity index (χ0v) is 12.9. The molecule has 1 heterocycles. The molecule has 110 valence electrons. The summed E-state index contributed by atoms with van der Waals surface area (Å²) in [7, 11) is 0. The third kappa shape index (κ3) is 5.00. The van der Waals surface area contributed by atoms with Gasteiger partial charge in [-0.2, -0.15) is 4.39 Å². The van der Waals surface area contributed by atoms with E-state index < -0.39 is 0 Å². The molecule has 1 aromatic heterocycles. The number of unbranched alkanes of at least 4 members (excludes halogenated alkanes) is 5. The van der Waals surface area contributed by atoms with Gasteiger partial charge >= 0.3 is 0 Å². The second kappa shape index (κ2) is 8.39. The van der Waals surface area contributed by atoms with Gasteiger partial charge in [0.15, 0.2) is 5.95 Å². The minimum absolute atomic E-state index is 0.00626. The summed E-state index contributed by atoms with van der Waals surface area (Å²) in [6.45, 7) is 6.67. The maximum atomic E-state index is 13.8. The Labute approximate surface area is 118 Å². The van der Waals surface area contributed by atoms with E-state index in [4.69, 9.17) is 0 Å². The second-order valence-electron chi connectivity index (χ2n) is 6.03. The molecule has 0 aromatic carbocycles. The van der Waals surface area contributed by atoms with Crippen LogP contribution in [0.25, 0.3) is 0 Å². The fourth-order valence-electron chi connectivity index (χ4n) is 2.90. The van der Waals surface area contributed by atoms with E-state index in [-0.39, 0.29) is 11.4 Å². The highest BCUT2D eigenvalue weighted by molar-refractivity contribution is 5.22. The molecule has 0 aliphatic carbocycles. The molecule has 1 aromatic rings. The van der Waals surface area contributed by atoms with Crippen molar-refractivity contribution in [2.24, 2.45) is 0 Å². The van der Waals surface area contributed by atoms with Crippen LogP contribution in [0.15, 0.2) is 12.3 Å². The quantitative estimate of drug-likeness (QED) is 0.503. The molecule has 0 saturated carbocycles. The average molecular weight is 267 g/mol. The molecule has 19 heavy (non-hydrogen) atoms. The van der Waals surface area contributed by atoms with Gasteiger partial charge in [0, 0.05) is 11.8 Å². The first-order valence-corrected chi connectivity index (χ1v) is 7.97. The van der Waals surface area contributed by atoms with Crippen molar-refractivity contribution in [1.29, 1.82) is 0 Å². The van der Waals surface area contributed by atoms with Gasteiger partial charge in [-0.05, 0) is 24.3 Å². The average Bonchev–Trinajstić information content (AvgIpc) is 2.83. The van der Waals surface area contributed by atoms with Crippen molar-refractivity contribution in [3.8, 4) is 0 Å². The van der Waals surface area contributed by atoms with E-state index in [2.05, 4.69) is 25.8 Å². The summed E-state index contributed by atoms with van der Waals surface area (Å²) in [5.41, 5.74) is 0.892. The Kier molecular flexibility index (Phi) is 7.19. The molecule has 0 fully saturated rings. The van der Waals surface area contributed by atoms with Gasteiger partial charge in [-0.25, -0.2) is 0 Å². The lowest BCUT2D eigenvalue weighted by molar-refractivity contribution is 0.353. The van der Waals surface area contributed by atoms with Crippen molar-refractivity contribution >= 4 is 0 Å². The van der Waals surface area contributed by atoms with Gasteiger partial charge < -0.3 is 4.98 Å². The van der Waals surface area contributed by atoms with Crippen LogP contribution in [0.1, 0.15) is 84.1 Å². The minimum Gasteiger partial charge on any atom is -0.338 e. The molecule has 0 bridgehead atoms. The van der Waals surface area contributed by atoms with Crippen LogP contribution in [0, 0.1) is 5.95 Å². The highest BCUT2D eigenvalue weighted by atomic mass is 19.1. The second-order valence-corrected chi connectivity index (χ2v) is 6.03. The fraction of sp³-hybridized carbons (Fsp3) is 0.765. The van der Waals surface area contributed by atoms with Crippen molar-refractivity contribution in [3.05, 3.63) is 23.8 Å². The van der Waals surface area contributed by atoms with E-state index in [0.717, 1.165) is 18.4 Å². The molecule has 0 radical (unpaired) electrons. The fourth-order valence-corrected chi connectivity index (χ4v) is 2.90. The van der Waals surface area contributed by atoms with Crippen LogP contribution < -0.4 is 0 Å². The van der Waals surface area contributed by atoms with Crippen LogP contribution >= 0.6 is 0 Å². The van der Waals surface area contributed by atoms with Gasteiger partial charge in [-0.1, -0.05) is 65.7 Å². The first-order chi connectivity index (χ1) is 9.14. The van der Waals surface area contributed by atoms with Gasteiger partial charge in [0.2, 0.25) is 0 Å². The van der Waals surface area contributed by atoms with Gasteiger partial charge in [-0.15, -0.1) is 0 Å². The summed E-state index contributed by atoms with van der Waals surface area (Å²) >= 11 is 0. The lowest BCUT2D eigenvalue weighted by atomic mass is 9.75. The summed E-state index contributed by atoms with van der Waals surface area (Å²) < 4.78 is 13.8. The molecule has 2 heteroatoms. The van der Waals surface area contributed by atoms with E-state index in [1.54, 1.807) is 6.20 Å². The normalized spacial score (nSPS) is 14.5. The van der Waals surface area contributed by atoms with Crippen LogP contribution in [0.3, 0.4) is 0 Å². The van der Waals surface area contributed by atoms with Gasteiger partial charge in [-0.3, -0.25) is 0 Å². The van der Waals surface area contributed by atoms with Crippen molar-refractivity contribution in [3.63, 3.8) is 0 Å². The number of nitrogens with one attached hydrogen (secondary N) is 1. The lowest BCUT2D eigenvalue weighted by Crippen LogP contribution is -2.22. The van der Waals surface area contributed by atoms with Crippen molar-refractivity contribution in [1.82, 2.24) is 4.98 Å². The monoisotopic (exact) mass is 267 g/mol. The number of hydrogen-bond acceptors (Lipinski definition) is 0. The molecule has 0 saturated heterocycles. The van der Waals surface area contributed by atoms with E-state index in [0.29, 0.717) is 0 Å². The number of halogens is 1. The maximum Gasteiger partial charge on any atom is 0.194 e. The largest absolute Gasteiger partial charge is 0.338 e. The van der Waals surface area contributed by atoms with E-state index in [1.807, 2.05) is 6.07 Å². The molecule has 1 nitrogen and oxygen atoms in total. The first kappa shape index (κ1) is 16.3. The predicted octanol–water partition coefficient (Wildman–Crippen LogP) is 5.96. The molecule has 0 aliphatic heterocycles. The summed E-state index contributed by atoms with van der Waals surface area (Å²) in [6, 6.07) is 1.93. The number of aromatic amines is 1. The molecule has 0 spiro atoms. The number of rotatable bonds is 10. The van der Waals surface area contributed by atoms with Crippen LogP contribution in [0.2, 0.25) is 0 Å². The summed E-state index contributed by atoms with van der Waals surface area (Å²) in [5.74, 6) is -0.132. The molecule has 1 N–H and O–H groups in total. The number of aromatic nitrogens is 1. The minimum atomic E-state index is -0.132. The van der Waals surface area contributed by atoms with Crippen LogP contribution in [0.5, 0.6) is 0 Å². The Bertz CT molecular complexity index is 345. The zero-order valence-electron chi connectivity index (χ0n) is 12.9. The molecular weight excluding hydrogens is 237 g/mol. The first-order valence-electron chi connectivity index (χ1n) is 7.97. The van der Waals surface area contributed by atoms with E-state index >= 15 is 0 Å². The van der Waals surface area contributed by atoms with Gasteiger partial charge in [0.25, 0.3) is 0 Å². The molecule has 1 atom stereocenters. The summed E-state index contributed by atoms with van der Waals surface area (Å²) in [6.07, 6.45) is 12.7. The Morgan fingerprint density at radius 3 is 2.21 bits per heavy atom. The van der Waals surface area contributed by atoms with Crippen molar-refractivity contribution < 1.29 is 4.39 Å². The third-order valence-electron chi connectivity index (χ3n) is 4.26. The van der Waals surface area contributed by atoms with Crippen molar-refractivity contribution in [2.45, 2.75) is 84.0 Å². The molecule has 0 amide bonds. The topological polar surface area (TPSA) is 15.8 Å². The highest BCUT2D eigenvalue weighted by Crippen LogP contribution is 2.36. The molecule has 0 aliphatic rings. The van der Waals surface area contributed by atoms with Crippen LogP contribution in [-0.2, 0) is 5.41 Å². The van der Waals surface area contributed by atoms with Crippen LogP contribution in [0.4, 0.5) is 4.39 Å². The third-order valence-corrected chi connectivity index (χ3v) is 4.26. The predicted molar refractivity (Wildman–Crippen MR) is 81.0 cm³/mol. The van der Waals surface area contributed by atoms with E-state index in [9.17, 15) is 4.39 Å². The SMILES string of the molecule is CCCCCCCC(C)(CCCC)c1cc[nH]c1F. The zero-order chi connectivity index (χ0) is 14.1. The molecular formula is C17H30FN.